The smallest absolute Gasteiger partial charge is 0.335 e. The predicted octanol–water partition coefficient (Wildman–Crippen LogP) is 3.75. The summed E-state index contributed by atoms with van der Waals surface area (Å²) in [6, 6.07) is 16.4. The van der Waals surface area contributed by atoms with Gasteiger partial charge in [0.05, 0.1) is 17.6 Å². The Labute approximate surface area is 179 Å². The van der Waals surface area contributed by atoms with Gasteiger partial charge in [-0.2, -0.15) is 0 Å². The van der Waals surface area contributed by atoms with E-state index in [0.717, 1.165) is 0 Å². The van der Waals surface area contributed by atoms with Crippen LogP contribution in [-0.4, -0.2) is 32.5 Å². The molecule has 3 aromatic rings. The van der Waals surface area contributed by atoms with Crippen LogP contribution in [0.15, 0.2) is 71.6 Å². The third kappa shape index (κ3) is 5.20. The molecule has 0 aliphatic heterocycles. The highest BCUT2D eigenvalue weighted by molar-refractivity contribution is 7.92. The number of hydrogen-bond donors (Lipinski definition) is 3. The van der Waals surface area contributed by atoms with Gasteiger partial charge in [0.1, 0.15) is 5.75 Å². The van der Waals surface area contributed by atoms with Crippen molar-refractivity contribution in [2.45, 2.75) is 11.8 Å². The molecule has 0 aliphatic rings. The van der Waals surface area contributed by atoms with Crippen LogP contribution in [0.5, 0.6) is 5.75 Å². The van der Waals surface area contributed by atoms with Gasteiger partial charge in [-0.1, -0.05) is 6.07 Å². The zero-order chi connectivity index (χ0) is 22.6. The summed E-state index contributed by atoms with van der Waals surface area (Å²) in [4.78, 5) is 23.5. The van der Waals surface area contributed by atoms with Gasteiger partial charge in [0.15, 0.2) is 0 Å². The number of benzene rings is 3. The molecule has 0 fully saturated rings. The Kier molecular flexibility index (Phi) is 6.26. The number of anilines is 2. The van der Waals surface area contributed by atoms with Crippen molar-refractivity contribution >= 4 is 33.3 Å². The number of nitrogens with one attached hydrogen (secondary N) is 2. The number of aryl methyl sites for hydroxylation is 1. The van der Waals surface area contributed by atoms with Gasteiger partial charge < -0.3 is 15.2 Å². The fourth-order valence-corrected chi connectivity index (χ4v) is 4.13. The number of methoxy groups -OCH3 is 1. The lowest BCUT2D eigenvalue weighted by Gasteiger charge is -2.13. The molecule has 3 aromatic carbocycles. The summed E-state index contributed by atoms with van der Waals surface area (Å²) in [7, 11) is -2.43. The van der Waals surface area contributed by atoms with E-state index < -0.39 is 21.9 Å². The maximum atomic E-state index is 12.9. The molecule has 0 unspecified atom stereocenters. The summed E-state index contributed by atoms with van der Waals surface area (Å²) in [5.74, 6) is -1.01. The zero-order valence-electron chi connectivity index (χ0n) is 16.7. The first-order valence-corrected chi connectivity index (χ1v) is 10.6. The summed E-state index contributed by atoms with van der Waals surface area (Å²) in [5, 5.41) is 11.6. The fraction of sp³-hybridized carbons (Fsp3) is 0.0909. The van der Waals surface area contributed by atoms with Crippen LogP contribution < -0.4 is 14.8 Å². The summed E-state index contributed by atoms with van der Waals surface area (Å²) in [6.45, 7) is 1.63. The molecule has 8 nitrogen and oxygen atoms in total. The first kappa shape index (κ1) is 21.8. The Morgan fingerprint density at radius 3 is 2.03 bits per heavy atom. The molecule has 9 heteroatoms. The van der Waals surface area contributed by atoms with Crippen molar-refractivity contribution in [2.24, 2.45) is 0 Å². The molecule has 0 aromatic heterocycles. The van der Waals surface area contributed by atoms with Crippen molar-refractivity contribution in [1.82, 2.24) is 0 Å². The number of rotatable bonds is 7. The van der Waals surface area contributed by atoms with Crippen molar-refractivity contribution in [1.29, 1.82) is 0 Å². The van der Waals surface area contributed by atoms with Crippen molar-refractivity contribution in [3.8, 4) is 5.75 Å². The van der Waals surface area contributed by atoms with E-state index in [-0.39, 0.29) is 16.0 Å². The number of carboxylic acids is 1. The van der Waals surface area contributed by atoms with E-state index in [2.05, 4.69) is 10.0 Å². The standard InChI is InChI=1S/C22H20N2O6S/c1-14-3-4-16(21(25)23-17-7-5-15(6-8-17)22(26)27)13-20(14)31(28,29)24-18-9-11-19(30-2)12-10-18/h3-13,24H,1-2H3,(H,23,25)(H,26,27). The molecule has 0 saturated heterocycles. The molecule has 0 heterocycles. The quantitative estimate of drug-likeness (QED) is 0.514. The molecule has 0 radical (unpaired) electrons. The normalized spacial score (nSPS) is 10.9. The van der Waals surface area contributed by atoms with E-state index in [0.29, 0.717) is 22.7 Å². The van der Waals surface area contributed by atoms with Crippen molar-refractivity contribution in [3.05, 3.63) is 83.4 Å². The lowest BCUT2D eigenvalue weighted by atomic mass is 10.1. The van der Waals surface area contributed by atoms with Gasteiger partial charge >= 0.3 is 5.97 Å². The van der Waals surface area contributed by atoms with Crippen LogP contribution in [0.25, 0.3) is 0 Å². The number of amides is 1. The minimum Gasteiger partial charge on any atom is -0.497 e. The number of carbonyl (C=O) groups is 2. The maximum absolute atomic E-state index is 12.9. The predicted molar refractivity (Wildman–Crippen MR) is 116 cm³/mol. The van der Waals surface area contributed by atoms with Crippen molar-refractivity contribution in [2.75, 3.05) is 17.1 Å². The Morgan fingerprint density at radius 1 is 0.871 bits per heavy atom. The third-order valence-corrected chi connectivity index (χ3v) is 6.00. The first-order chi connectivity index (χ1) is 14.7. The summed E-state index contributed by atoms with van der Waals surface area (Å²) in [5.41, 5.74) is 1.45. The molecule has 160 valence electrons. The molecule has 31 heavy (non-hydrogen) atoms. The number of carboxylic acid groups (broad SMARTS) is 1. The van der Waals surface area contributed by atoms with Crippen LogP contribution >= 0.6 is 0 Å². The monoisotopic (exact) mass is 440 g/mol. The van der Waals surface area contributed by atoms with E-state index in [4.69, 9.17) is 9.84 Å². The minimum atomic E-state index is -3.94. The zero-order valence-corrected chi connectivity index (χ0v) is 17.6. The minimum absolute atomic E-state index is 0.0304. The van der Waals surface area contributed by atoms with Gasteiger partial charge in [-0.3, -0.25) is 9.52 Å². The molecular formula is C22H20N2O6S. The largest absolute Gasteiger partial charge is 0.497 e. The second kappa shape index (κ2) is 8.88. The molecule has 3 rings (SSSR count). The van der Waals surface area contributed by atoms with E-state index in [1.165, 1.54) is 43.5 Å². The van der Waals surface area contributed by atoms with Crippen LogP contribution in [0.1, 0.15) is 26.3 Å². The van der Waals surface area contributed by atoms with Gasteiger partial charge in [-0.15, -0.1) is 0 Å². The van der Waals surface area contributed by atoms with Gasteiger partial charge in [0.25, 0.3) is 15.9 Å². The van der Waals surface area contributed by atoms with Crippen molar-refractivity contribution < 1.29 is 27.9 Å². The van der Waals surface area contributed by atoms with Gasteiger partial charge in [-0.25, -0.2) is 13.2 Å². The van der Waals surface area contributed by atoms with Crippen LogP contribution in [0, 0.1) is 6.92 Å². The molecule has 1 amide bonds. The van der Waals surface area contributed by atoms with E-state index in [9.17, 15) is 18.0 Å². The highest BCUT2D eigenvalue weighted by Crippen LogP contribution is 2.23. The van der Waals surface area contributed by atoms with Gasteiger partial charge in [0, 0.05) is 16.9 Å². The number of aromatic carboxylic acids is 1. The number of ether oxygens (including phenoxy) is 1. The topological polar surface area (TPSA) is 122 Å². The molecule has 3 N–H and O–H groups in total. The average molecular weight is 440 g/mol. The SMILES string of the molecule is COc1ccc(NS(=O)(=O)c2cc(C(=O)Nc3ccc(C(=O)O)cc3)ccc2C)cc1. The number of carbonyl (C=O) groups excluding carboxylic acids is 1. The molecular weight excluding hydrogens is 420 g/mol. The van der Waals surface area contributed by atoms with Crippen LogP contribution in [-0.2, 0) is 10.0 Å². The lowest BCUT2D eigenvalue weighted by molar-refractivity contribution is 0.0696. The molecule has 0 saturated carbocycles. The highest BCUT2D eigenvalue weighted by atomic mass is 32.2. The summed E-state index contributed by atoms with van der Waals surface area (Å²) >= 11 is 0. The van der Waals surface area contributed by atoms with Crippen LogP contribution in [0.4, 0.5) is 11.4 Å². The second-order valence-corrected chi connectivity index (χ2v) is 8.30. The maximum Gasteiger partial charge on any atom is 0.335 e. The highest BCUT2D eigenvalue weighted by Gasteiger charge is 2.19. The van der Waals surface area contributed by atoms with Crippen molar-refractivity contribution in [3.63, 3.8) is 0 Å². The van der Waals surface area contributed by atoms with Crippen LogP contribution in [0.3, 0.4) is 0 Å². The lowest BCUT2D eigenvalue weighted by Crippen LogP contribution is -2.17. The van der Waals surface area contributed by atoms with E-state index >= 15 is 0 Å². The Hall–Kier alpha value is -3.85. The van der Waals surface area contributed by atoms with Gasteiger partial charge in [-0.05, 0) is 73.2 Å². The number of hydrogen-bond acceptors (Lipinski definition) is 5. The summed E-state index contributed by atoms with van der Waals surface area (Å²) in [6.07, 6.45) is 0. The average Bonchev–Trinajstić information content (AvgIpc) is 2.74. The third-order valence-electron chi connectivity index (χ3n) is 4.47. The Balaban J connectivity index is 1.82. The Bertz CT molecular complexity index is 1220. The molecule has 0 aliphatic carbocycles. The summed E-state index contributed by atoms with van der Waals surface area (Å²) < 4.78 is 33.3. The molecule has 0 atom stereocenters. The molecule has 0 spiro atoms. The Morgan fingerprint density at radius 2 is 1.45 bits per heavy atom. The van der Waals surface area contributed by atoms with Gasteiger partial charge in [0.2, 0.25) is 0 Å². The van der Waals surface area contributed by atoms with E-state index in [1.54, 1.807) is 37.3 Å². The molecule has 0 bridgehead atoms. The first-order valence-electron chi connectivity index (χ1n) is 9.12. The second-order valence-electron chi connectivity index (χ2n) is 6.65. The van der Waals surface area contributed by atoms with Crippen LogP contribution in [0.2, 0.25) is 0 Å². The fourth-order valence-electron chi connectivity index (χ4n) is 2.80. The van der Waals surface area contributed by atoms with E-state index in [1.807, 2.05) is 0 Å². The number of sulfonamides is 1.